The van der Waals surface area contributed by atoms with Crippen molar-refractivity contribution in [1.82, 2.24) is 0 Å². The van der Waals surface area contributed by atoms with E-state index in [1.54, 1.807) is 0 Å². The first-order valence-corrected chi connectivity index (χ1v) is 4.28. The SMILES string of the molecule is C#CCC.CS(N)(=O)=O. The fourth-order valence-corrected chi connectivity index (χ4v) is 0. The van der Waals surface area contributed by atoms with Gasteiger partial charge in [0, 0.05) is 6.42 Å². The molecule has 2 N–H and O–H groups in total. The zero-order chi connectivity index (χ0) is 7.91. The molecule has 0 rings (SSSR count). The molecule has 0 saturated carbocycles. The minimum atomic E-state index is -3.17. The molecule has 54 valence electrons. The van der Waals surface area contributed by atoms with Crippen LogP contribution in [-0.4, -0.2) is 14.7 Å². The van der Waals surface area contributed by atoms with Gasteiger partial charge in [0.15, 0.2) is 0 Å². The molecular weight excluding hydrogens is 138 g/mol. The van der Waals surface area contributed by atoms with Crippen molar-refractivity contribution in [2.75, 3.05) is 6.26 Å². The van der Waals surface area contributed by atoms with Crippen LogP contribution in [0.4, 0.5) is 0 Å². The molecule has 0 unspecified atom stereocenters. The zero-order valence-corrected chi connectivity index (χ0v) is 6.40. The lowest BCUT2D eigenvalue weighted by Crippen LogP contribution is -2.07. The lowest BCUT2D eigenvalue weighted by molar-refractivity contribution is 0.603. The monoisotopic (exact) mass is 149 g/mol. The molecule has 0 amide bonds. The Morgan fingerprint density at radius 2 is 1.78 bits per heavy atom. The average Bonchev–Trinajstić information content (AvgIpc) is 1.61. The quantitative estimate of drug-likeness (QED) is 0.490. The Bertz CT molecular complexity index is 168. The molecule has 0 aliphatic heterocycles. The largest absolute Gasteiger partial charge is 0.229 e. The summed E-state index contributed by atoms with van der Waals surface area (Å²) >= 11 is 0. The molecule has 0 aliphatic carbocycles. The van der Waals surface area contributed by atoms with Gasteiger partial charge < -0.3 is 0 Å². The summed E-state index contributed by atoms with van der Waals surface area (Å²) in [5.41, 5.74) is 0. The second-order valence-corrected chi connectivity index (χ2v) is 3.05. The van der Waals surface area contributed by atoms with E-state index in [0.717, 1.165) is 12.7 Å². The average molecular weight is 149 g/mol. The number of nitrogens with two attached hydrogens (primary N) is 1. The number of terminal acetylenes is 1. The summed E-state index contributed by atoms with van der Waals surface area (Å²) in [7, 11) is -3.17. The van der Waals surface area contributed by atoms with E-state index in [2.05, 4.69) is 11.1 Å². The molecule has 0 aromatic rings. The summed E-state index contributed by atoms with van der Waals surface area (Å²) in [5, 5.41) is 4.33. The summed E-state index contributed by atoms with van der Waals surface area (Å²) in [4.78, 5) is 0. The van der Waals surface area contributed by atoms with Crippen molar-refractivity contribution >= 4 is 10.0 Å². The van der Waals surface area contributed by atoms with Crippen LogP contribution in [0, 0.1) is 12.3 Å². The third-order valence-corrected chi connectivity index (χ3v) is 0.204. The molecular formula is C5H11NO2S. The maximum absolute atomic E-state index is 9.41. The van der Waals surface area contributed by atoms with E-state index in [-0.39, 0.29) is 0 Å². The first kappa shape index (κ1) is 11.3. The number of sulfonamides is 1. The maximum Gasteiger partial charge on any atom is 0.206 e. The van der Waals surface area contributed by atoms with Gasteiger partial charge in [0.05, 0.1) is 6.26 Å². The first-order chi connectivity index (χ1) is 3.91. The van der Waals surface area contributed by atoms with Gasteiger partial charge in [-0.1, -0.05) is 6.92 Å². The molecule has 3 nitrogen and oxygen atoms in total. The van der Waals surface area contributed by atoms with Gasteiger partial charge in [-0.05, 0) is 0 Å². The third-order valence-electron chi connectivity index (χ3n) is 0.204. The molecule has 9 heavy (non-hydrogen) atoms. The molecule has 0 aliphatic rings. The van der Waals surface area contributed by atoms with E-state index in [1.807, 2.05) is 6.92 Å². The second-order valence-electron chi connectivity index (χ2n) is 1.39. The van der Waals surface area contributed by atoms with Crippen LogP contribution in [0.3, 0.4) is 0 Å². The Hall–Kier alpha value is -0.530. The molecule has 0 fully saturated rings. The van der Waals surface area contributed by atoms with Crippen molar-refractivity contribution < 1.29 is 8.42 Å². The van der Waals surface area contributed by atoms with Crippen LogP contribution in [-0.2, 0) is 10.0 Å². The van der Waals surface area contributed by atoms with Crippen LogP contribution in [0.1, 0.15) is 13.3 Å². The van der Waals surface area contributed by atoms with Crippen LogP contribution in [0.2, 0.25) is 0 Å². The Morgan fingerprint density at radius 1 is 1.67 bits per heavy atom. The smallest absolute Gasteiger partial charge is 0.206 e. The van der Waals surface area contributed by atoms with Gasteiger partial charge in [0.25, 0.3) is 0 Å². The van der Waals surface area contributed by atoms with Crippen molar-refractivity contribution in [3.8, 4) is 12.3 Å². The molecule has 0 atom stereocenters. The first-order valence-electron chi connectivity index (χ1n) is 2.33. The van der Waals surface area contributed by atoms with Gasteiger partial charge in [-0.15, -0.1) is 12.3 Å². The second kappa shape index (κ2) is 5.60. The fraction of sp³-hybridized carbons (Fsp3) is 0.600. The standard InChI is InChI=1S/C4H6.CH5NO2S/c1-3-4-2;1-5(2,3)4/h1H,4H2,2H3;1H3,(H2,2,3,4). The molecule has 4 heteroatoms. The van der Waals surface area contributed by atoms with Gasteiger partial charge in [-0.3, -0.25) is 0 Å². The molecule has 0 spiro atoms. The fourth-order valence-electron chi connectivity index (χ4n) is 0. The topological polar surface area (TPSA) is 60.2 Å². The minimum Gasteiger partial charge on any atom is -0.229 e. The Labute approximate surface area is 56.3 Å². The highest BCUT2D eigenvalue weighted by atomic mass is 32.2. The van der Waals surface area contributed by atoms with Crippen molar-refractivity contribution in [3.63, 3.8) is 0 Å². The highest BCUT2D eigenvalue weighted by Gasteiger charge is 1.78. The Morgan fingerprint density at radius 3 is 1.78 bits per heavy atom. The summed E-state index contributed by atoms with van der Waals surface area (Å²) in [5.74, 6) is 2.43. The van der Waals surface area contributed by atoms with Crippen LogP contribution < -0.4 is 5.14 Å². The summed E-state index contributed by atoms with van der Waals surface area (Å²) in [6.45, 7) is 1.94. The van der Waals surface area contributed by atoms with E-state index in [1.165, 1.54) is 0 Å². The lowest BCUT2D eigenvalue weighted by atomic mass is 10.5. The van der Waals surface area contributed by atoms with Crippen LogP contribution >= 0.6 is 0 Å². The third kappa shape index (κ3) is 1010. The van der Waals surface area contributed by atoms with Crippen molar-refractivity contribution in [2.45, 2.75) is 13.3 Å². The van der Waals surface area contributed by atoms with Crippen molar-refractivity contribution in [3.05, 3.63) is 0 Å². The predicted molar refractivity (Wildman–Crippen MR) is 38.2 cm³/mol. The van der Waals surface area contributed by atoms with Crippen LogP contribution in [0.15, 0.2) is 0 Å². The van der Waals surface area contributed by atoms with E-state index < -0.39 is 10.0 Å². The number of hydrogen-bond acceptors (Lipinski definition) is 2. The molecule has 0 aromatic carbocycles. The summed E-state index contributed by atoms with van der Waals surface area (Å²) in [6.07, 6.45) is 6.56. The lowest BCUT2D eigenvalue weighted by Gasteiger charge is -1.71. The van der Waals surface area contributed by atoms with Gasteiger partial charge in [0.2, 0.25) is 10.0 Å². The summed E-state index contributed by atoms with van der Waals surface area (Å²) < 4.78 is 18.8. The van der Waals surface area contributed by atoms with E-state index in [9.17, 15) is 8.42 Å². The number of rotatable bonds is 0. The highest BCUT2D eigenvalue weighted by Crippen LogP contribution is 1.58. The molecule has 0 radical (unpaired) electrons. The maximum atomic E-state index is 9.41. The molecule has 0 aromatic heterocycles. The van der Waals surface area contributed by atoms with Crippen molar-refractivity contribution in [2.24, 2.45) is 5.14 Å². The van der Waals surface area contributed by atoms with Crippen LogP contribution in [0.25, 0.3) is 0 Å². The van der Waals surface area contributed by atoms with Crippen molar-refractivity contribution in [1.29, 1.82) is 0 Å². The normalized spacial score (nSPS) is 8.67. The molecule has 0 bridgehead atoms. The number of primary sulfonamides is 1. The van der Waals surface area contributed by atoms with E-state index in [0.29, 0.717) is 0 Å². The van der Waals surface area contributed by atoms with Gasteiger partial charge >= 0.3 is 0 Å². The zero-order valence-electron chi connectivity index (χ0n) is 5.59. The van der Waals surface area contributed by atoms with E-state index in [4.69, 9.17) is 6.42 Å². The highest BCUT2D eigenvalue weighted by molar-refractivity contribution is 7.88. The van der Waals surface area contributed by atoms with Gasteiger partial charge in [-0.2, -0.15) is 0 Å². The predicted octanol–water partition coefficient (Wildman–Crippen LogP) is -0.0657. The summed E-state index contributed by atoms with van der Waals surface area (Å²) in [6, 6.07) is 0. The molecule has 0 heterocycles. The molecule has 0 saturated heterocycles. The van der Waals surface area contributed by atoms with Gasteiger partial charge in [0.1, 0.15) is 0 Å². The van der Waals surface area contributed by atoms with Gasteiger partial charge in [-0.25, -0.2) is 13.6 Å². The Balaban J connectivity index is 0. The minimum absolute atomic E-state index is 0.847. The van der Waals surface area contributed by atoms with E-state index >= 15 is 0 Å². The Kier molecular flexibility index (Phi) is 7.03. The van der Waals surface area contributed by atoms with Crippen LogP contribution in [0.5, 0.6) is 0 Å². The number of hydrogen-bond donors (Lipinski definition) is 1.